The van der Waals surface area contributed by atoms with Crippen LogP contribution in [0.3, 0.4) is 0 Å². The molecule has 2 amide bonds. The van der Waals surface area contributed by atoms with Gasteiger partial charge in [0.2, 0.25) is 0 Å². The van der Waals surface area contributed by atoms with Crippen molar-refractivity contribution in [3.8, 4) is 0 Å². The summed E-state index contributed by atoms with van der Waals surface area (Å²) in [6, 6.07) is -1.47. The van der Waals surface area contributed by atoms with E-state index >= 15 is 0 Å². The van der Waals surface area contributed by atoms with Crippen LogP contribution in [-0.2, 0) is 55.8 Å². The van der Waals surface area contributed by atoms with Crippen LogP contribution in [0.2, 0.25) is 0 Å². The predicted octanol–water partition coefficient (Wildman–Crippen LogP) is 23.1. The van der Waals surface area contributed by atoms with Crippen molar-refractivity contribution in [2.24, 2.45) is 0 Å². The molecule has 0 saturated heterocycles. The number of esters is 2. The fraction of sp³-hybridized carbons (Fsp3) is 0.964. The first-order chi connectivity index (χ1) is 50.7. The molecule has 0 rings (SSSR count). The second kappa shape index (κ2) is 79.4. The second-order valence-corrected chi connectivity index (χ2v) is 32.9. The maximum absolute atomic E-state index is 13.2. The van der Waals surface area contributed by atoms with Crippen molar-refractivity contribution in [2.45, 2.75) is 438 Å². The van der Waals surface area contributed by atoms with Crippen LogP contribution in [0.5, 0.6) is 0 Å². The molecule has 0 aliphatic carbocycles. The molecule has 6 atom stereocenters. The molecule has 0 aliphatic heterocycles. The molecule has 21 heteroatoms. The molecule has 0 aromatic heterocycles. The Bertz CT molecular complexity index is 1800. The van der Waals surface area contributed by atoms with Gasteiger partial charge in [-0.25, -0.2) is 13.9 Å². The fourth-order valence-corrected chi connectivity index (χ4v) is 14.6. The first kappa shape index (κ1) is 102. The molecule has 0 aromatic carbocycles. The average molecular weight is 1520 g/mol. The number of amides is 2. The summed E-state index contributed by atoms with van der Waals surface area (Å²) in [5, 5.41) is 12.1. The zero-order chi connectivity index (χ0) is 76.0. The standard InChI is InChI=1S/C83H168N4O15P2/c1-7-13-19-25-29-33-35-37-41-45-51-57-65-84-77(73-95-69-63-79(59-53-47-23-17-11-5)101-81(88)61-55-49-43-39-31-27-21-15-9-3)75-99-103(91,92)97-71-67-86-83(90)87-68-72-98-104(93,94)100-76-78(85-66-58-52-46-42-38-36-34-30-26-20-14-8-2)74-96-70-64-80(60-54-48-24-18-12-6)102-82(89)62-56-50-44-40-32-28-22-16-10-4/h77-80,84-85H,7-76H2,1-6H3,(H,91,92)(H,93,94)(H2,86,87,90)/t77-,78-,79+,80+/m0/s1. The van der Waals surface area contributed by atoms with Crippen LogP contribution in [0.25, 0.3) is 0 Å². The smallest absolute Gasteiger partial charge is 0.462 e. The van der Waals surface area contributed by atoms with Crippen molar-refractivity contribution in [1.82, 2.24) is 21.3 Å². The Morgan fingerprint density at radius 2 is 0.538 bits per heavy atom. The molecule has 2 unspecified atom stereocenters. The summed E-state index contributed by atoms with van der Waals surface area (Å²) in [5.74, 6) is -0.280. The Hall–Kier alpha value is -1.73. The monoisotopic (exact) mass is 1520 g/mol. The summed E-state index contributed by atoms with van der Waals surface area (Å²) in [5.41, 5.74) is 0. The minimum absolute atomic E-state index is 0.130. The van der Waals surface area contributed by atoms with Gasteiger partial charge in [0, 0.05) is 38.8 Å². The zero-order valence-electron chi connectivity index (χ0n) is 68.4. The lowest BCUT2D eigenvalue weighted by atomic mass is 10.1. The van der Waals surface area contributed by atoms with Crippen LogP contribution in [0.1, 0.15) is 414 Å². The molecule has 6 N–H and O–H groups in total. The largest absolute Gasteiger partial charge is 0.472 e. The van der Waals surface area contributed by atoms with Gasteiger partial charge in [0.1, 0.15) is 12.2 Å². The Labute approximate surface area is 639 Å². The third kappa shape index (κ3) is 75.7. The van der Waals surface area contributed by atoms with Gasteiger partial charge in [-0.05, 0) is 64.5 Å². The van der Waals surface area contributed by atoms with E-state index in [9.17, 15) is 33.3 Å². The van der Waals surface area contributed by atoms with E-state index in [0.29, 0.717) is 52.0 Å². The summed E-state index contributed by atoms with van der Waals surface area (Å²) in [7, 11) is -9.10. The molecule has 19 nitrogen and oxygen atoms in total. The number of carbonyl (C=O) groups excluding carboxylic acids is 3. The number of phosphoric acid groups is 2. The lowest BCUT2D eigenvalue weighted by molar-refractivity contribution is -0.151. The number of urea groups is 1. The van der Waals surface area contributed by atoms with Crippen molar-refractivity contribution in [3.63, 3.8) is 0 Å². The molecule has 0 radical (unpaired) electrons. The van der Waals surface area contributed by atoms with Gasteiger partial charge in [0.25, 0.3) is 0 Å². The van der Waals surface area contributed by atoms with Crippen molar-refractivity contribution in [1.29, 1.82) is 0 Å². The number of carbonyl (C=O) groups is 3. The molecule has 0 aromatic rings. The SMILES string of the molecule is CCCCCCCCCCCCCCN[C@@H](COCC[C@@H](CCCCCCC)OC(=O)CCCCCCCCCCC)COP(=O)(O)OCCNC(=O)NCCOP(=O)(O)OC[C@H](COCC[C@@H](CCCCCCC)OC(=O)CCCCCCCCCCC)NCCCCCCCCCCCCCC. The number of nitrogens with one attached hydrogen (secondary N) is 4. The van der Waals surface area contributed by atoms with Crippen LogP contribution in [-0.4, -0.2) is 131 Å². The molecule has 0 saturated carbocycles. The van der Waals surface area contributed by atoms with Gasteiger partial charge in [-0.3, -0.25) is 27.7 Å². The number of hydrogen-bond donors (Lipinski definition) is 6. The summed E-state index contributed by atoms with van der Waals surface area (Å²) < 4.78 is 72.4. The normalized spacial score (nSPS) is 14.1. The highest BCUT2D eigenvalue weighted by Crippen LogP contribution is 2.44. The summed E-state index contributed by atoms with van der Waals surface area (Å²) in [6.07, 6.45) is 65.4. The van der Waals surface area contributed by atoms with Gasteiger partial charge in [0.15, 0.2) is 0 Å². The first-order valence-corrected chi connectivity index (χ1v) is 47.0. The molecule has 0 spiro atoms. The minimum atomic E-state index is -4.55. The van der Waals surface area contributed by atoms with Gasteiger partial charge >= 0.3 is 33.6 Å². The first-order valence-electron chi connectivity index (χ1n) is 44.0. The summed E-state index contributed by atoms with van der Waals surface area (Å²) in [4.78, 5) is 60.3. The lowest BCUT2D eigenvalue weighted by Crippen LogP contribution is -2.39. The van der Waals surface area contributed by atoms with Gasteiger partial charge in [-0.1, -0.05) is 337 Å². The minimum Gasteiger partial charge on any atom is -0.462 e. The average Bonchev–Trinajstić information content (AvgIpc) is 0.988. The number of unbranched alkanes of at least 4 members (excludes halogenated alkanes) is 46. The van der Waals surface area contributed by atoms with E-state index in [0.717, 1.165) is 141 Å². The van der Waals surface area contributed by atoms with Crippen LogP contribution >= 0.6 is 15.6 Å². The number of ether oxygens (including phenoxy) is 4. The maximum atomic E-state index is 13.2. The number of hydrogen-bond acceptors (Lipinski definition) is 15. The third-order valence-electron chi connectivity index (χ3n) is 19.7. The second-order valence-electron chi connectivity index (χ2n) is 30.0. The highest BCUT2D eigenvalue weighted by atomic mass is 31.2. The van der Waals surface area contributed by atoms with E-state index in [4.69, 9.17) is 37.0 Å². The Balaban J connectivity index is 5.42. The Morgan fingerprint density at radius 1 is 0.288 bits per heavy atom. The summed E-state index contributed by atoms with van der Waals surface area (Å²) in [6.45, 7) is 14.7. The molecular weight excluding hydrogens is 1350 g/mol. The van der Waals surface area contributed by atoms with E-state index < -0.39 is 33.8 Å². The van der Waals surface area contributed by atoms with Crippen LogP contribution < -0.4 is 21.3 Å². The molecule has 0 fully saturated rings. The predicted molar refractivity (Wildman–Crippen MR) is 432 cm³/mol. The number of rotatable bonds is 86. The molecule has 0 bridgehead atoms. The topological polar surface area (TPSA) is 248 Å². The third-order valence-corrected chi connectivity index (χ3v) is 21.7. The van der Waals surface area contributed by atoms with Crippen molar-refractivity contribution in [3.05, 3.63) is 0 Å². The molecule has 0 heterocycles. The maximum Gasteiger partial charge on any atom is 0.472 e. The van der Waals surface area contributed by atoms with Crippen molar-refractivity contribution >= 4 is 33.6 Å². The van der Waals surface area contributed by atoms with Gasteiger partial charge < -0.3 is 50.0 Å². The lowest BCUT2D eigenvalue weighted by Gasteiger charge is -2.22. The molecular formula is C83H168N4O15P2. The van der Waals surface area contributed by atoms with E-state index in [1.54, 1.807) is 0 Å². The van der Waals surface area contributed by atoms with Crippen LogP contribution in [0, 0.1) is 0 Å². The molecule has 0 aliphatic rings. The van der Waals surface area contributed by atoms with Gasteiger partial charge in [0.05, 0.1) is 64.9 Å². The fourth-order valence-electron chi connectivity index (χ4n) is 13.0. The summed E-state index contributed by atoms with van der Waals surface area (Å²) >= 11 is 0. The van der Waals surface area contributed by atoms with E-state index in [1.807, 2.05) is 0 Å². The Kier molecular flexibility index (Phi) is 78.0. The zero-order valence-corrected chi connectivity index (χ0v) is 70.2. The van der Waals surface area contributed by atoms with E-state index in [-0.39, 0.29) is 76.9 Å². The van der Waals surface area contributed by atoms with Gasteiger partial charge in [-0.2, -0.15) is 0 Å². The van der Waals surface area contributed by atoms with Crippen molar-refractivity contribution < 1.29 is 70.3 Å². The highest BCUT2D eigenvalue weighted by Gasteiger charge is 2.26. The van der Waals surface area contributed by atoms with E-state index in [1.165, 1.54) is 205 Å². The van der Waals surface area contributed by atoms with Crippen molar-refractivity contribution in [2.75, 3.05) is 79.0 Å². The Morgan fingerprint density at radius 3 is 0.817 bits per heavy atom. The molecule has 620 valence electrons. The number of phosphoric ester groups is 2. The highest BCUT2D eigenvalue weighted by molar-refractivity contribution is 7.47. The van der Waals surface area contributed by atoms with Crippen LogP contribution in [0.15, 0.2) is 0 Å². The van der Waals surface area contributed by atoms with Gasteiger partial charge in [-0.15, -0.1) is 0 Å². The quantitative estimate of drug-likeness (QED) is 0.0188. The van der Waals surface area contributed by atoms with Crippen LogP contribution in [0.4, 0.5) is 4.79 Å². The van der Waals surface area contributed by atoms with E-state index in [2.05, 4.69) is 62.8 Å². The molecule has 104 heavy (non-hydrogen) atoms.